The highest BCUT2D eigenvalue weighted by molar-refractivity contribution is 7.12. The molecule has 6 nitrogen and oxygen atoms in total. The zero-order chi connectivity index (χ0) is 13.8. The Labute approximate surface area is 114 Å². The average molecular weight is 285 g/mol. The first-order chi connectivity index (χ1) is 9.10. The first kappa shape index (κ1) is 13.8. The second-order valence-corrected chi connectivity index (χ2v) is 5.13. The van der Waals surface area contributed by atoms with Crippen LogP contribution in [-0.2, 0) is 9.53 Å². The lowest BCUT2D eigenvalue weighted by Gasteiger charge is -2.11. The Morgan fingerprint density at radius 3 is 2.95 bits per heavy atom. The van der Waals surface area contributed by atoms with Gasteiger partial charge < -0.3 is 19.9 Å². The van der Waals surface area contributed by atoms with Gasteiger partial charge in [-0.2, -0.15) is 0 Å². The van der Waals surface area contributed by atoms with Crippen LogP contribution in [0.15, 0.2) is 11.4 Å². The third kappa shape index (κ3) is 3.45. The van der Waals surface area contributed by atoms with Crippen LogP contribution in [0.5, 0.6) is 5.75 Å². The van der Waals surface area contributed by atoms with Crippen LogP contribution in [0.25, 0.3) is 0 Å². The maximum Gasteiger partial charge on any atom is 0.332 e. The van der Waals surface area contributed by atoms with Crippen LogP contribution in [0.3, 0.4) is 0 Å². The fraction of sp³-hybridized carbons (Fsp3) is 0.500. The lowest BCUT2D eigenvalue weighted by Crippen LogP contribution is -2.32. The predicted molar refractivity (Wildman–Crippen MR) is 68.7 cm³/mol. The molecule has 0 saturated carbocycles. The maximum atomic E-state index is 11.8. The molecule has 1 aliphatic rings. The van der Waals surface area contributed by atoms with Gasteiger partial charge in [-0.05, 0) is 12.8 Å². The molecular weight excluding hydrogens is 270 g/mol. The van der Waals surface area contributed by atoms with Crippen LogP contribution in [0.1, 0.15) is 22.5 Å². The summed E-state index contributed by atoms with van der Waals surface area (Å²) in [6.45, 7) is 0.322. The number of carbonyl (C=O) groups excluding carboxylic acids is 1. The molecule has 1 amide bonds. The first-order valence-electron chi connectivity index (χ1n) is 5.89. The van der Waals surface area contributed by atoms with Crippen molar-refractivity contribution in [1.82, 2.24) is 5.32 Å². The van der Waals surface area contributed by atoms with Crippen LogP contribution in [0.2, 0.25) is 0 Å². The number of thiophene rings is 1. The summed E-state index contributed by atoms with van der Waals surface area (Å²) in [6, 6.07) is 1.66. The second-order valence-electron chi connectivity index (χ2n) is 4.22. The monoisotopic (exact) mass is 285 g/mol. The summed E-state index contributed by atoms with van der Waals surface area (Å²) in [5, 5.41) is 13.3. The lowest BCUT2D eigenvalue weighted by atomic mass is 10.2. The van der Waals surface area contributed by atoms with Gasteiger partial charge in [0.2, 0.25) is 0 Å². The number of methoxy groups -OCH3 is 1. The number of carbonyl (C=O) groups is 2. The van der Waals surface area contributed by atoms with Crippen molar-refractivity contribution >= 4 is 23.2 Å². The molecule has 2 N–H and O–H groups in total. The van der Waals surface area contributed by atoms with E-state index in [1.807, 2.05) is 0 Å². The highest BCUT2D eigenvalue weighted by Gasteiger charge is 2.30. The van der Waals surface area contributed by atoms with Gasteiger partial charge in [0.05, 0.1) is 18.1 Å². The molecule has 1 aromatic rings. The van der Waals surface area contributed by atoms with E-state index in [9.17, 15) is 9.59 Å². The van der Waals surface area contributed by atoms with Crippen molar-refractivity contribution in [2.24, 2.45) is 0 Å². The third-order valence-electron chi connectivity index (χ3n) is 2.91. The standard InChI is InChI=1S/C12H15NO5S/c1-17-8-4-10(19-6-8)11(14)13-5-7-2-3-9(18-7)12(15)16/h4,6-7,9H,2-3,5H2,1H3,(H,13,14)(H,15,16). The van der Waals surface area contributed by atoms with E-state index in [0.29, 0.717) is 30.0 Å². The smallest absolute Gasteiger partial charge is 0.332 e. The highest BCUT2D eigenvalue weighted by atomic mass is 32.1. The molecule has 2 unspecified atom stereocenters. The third-order valence-corrected chi connectivity index (χ3v) is 3.82. The number of aliphatic carboxylic acids is 1. The predicted octanol–water partition coefficient (Wildman–Crippen LogP) is 1.12. The van der Waals surface area contributed by atoms with Crippen molar-refractivity contribution < 1.29 is 24.2 Å². The maximum absolute atomic E-state index is 11.8. The Kier molecular flexibility index (Phi) is 4.39. The number of carboxylic acids is 1. The van der Waals surface area contributed by atoms with E-state index < -0.39 is 12.1 Å². The van der Waals surface area contributed by atoms with Crippen molar-refractivity contribution in [2.75, 3.05) is 13.7 Å². The molecule has 0 spiro atoms. The normalized spacial score (nSPS) is 22.2. The summed E-state index contributed by atoms with van der Waals surface area (Å²) in [4.78, 5) is 23.1. The van der Waals surface area contributed by atoms with Gasteiger partial charge in [-0.25, -0.2) is 4.79 Å². The summed E-state index contributed by atoms with van der Waals surface area (Å²) < 4.78 is 10.3. The Bertz CT molecular complexity index is 472. The number of hydrogen-bond donors (Lipinski definition) is 2. The summed E-state index contributed by atoms with van der Waals surface area (Å²) >= 11 is 1.30. The zero-order valence-corrected chi connectivity index (χ0v) is 11.2. The SMILES string of the molecule is COc1csc(C(=O)NCC2CCC(C(=O)O)O2)c1. The number of amides is 1. The van der Waals surface area contributed by atoms with Crippen molar-refractivity contribution in [3.63, 3.8) is 0 Å². The lowest BCUT2D eigenvalue weighted by molar-refractivity contribution is -0.149. The number of ether oxygens (including phenoxy) is 2. The highest BCUT2D eigenvalue weighted by Crippen LogP contribution is 2.22. The van der Waals surface area contributed by atoms with Crippen LogP contribution in [-0.4, -0.2) is 42.8 Å². The molecule has 1 fully saturated rings. The largest absolute Gasteiger partial charge is 0.496 e. The molecule has 1 aromatic heterocycles. The zero-order valence-electron chi connectivity index (χ0n) is 10.4. The van der Waals surface area contributed by atoms with Crippen molar-refractivity contribution in [3.05, 3.63) is 16.3 Å². The Morgan fingerprint density at radius 1 is 1.58 bits per heavy atom. The van der Waals surface area contributed by atoms with E-state index in [-0.39, 0.29) is 12.0 Å². The molecule has 2 atom stereocenters. The molecule has 1 aliphatic heterocycles. The topological polar surface area (TPSA) is 84.9 Å². The summed E-state index contributed by atoms with van der Waals surface area (Å²) in [5.41, 5.74) is 0. The molecule has 19 heavy (non-hydrogen) atoms. The van der Waals surface area contributed by atoms with Gasteiger partial charge in [0.1, 0.15) is 5.75 Å². The number of nitrogens with one attached hydrogen (secondary N) is 1. The summed E-state index contributed by atoms with van der Waals surface area (Å²) in [7, 11) is 1.54. The van der Waals surface area contributed by atoms with Crippen LogP contribution in [0.4, 0.5) is 0 Å². The van der Waals surface area contributed by atoms with Crippen LogP contribution >= 0.6 is 11.3 Å². The second kappa shape index (κ2) is 6.03. The molecule has 0 aromatic carbocycles. The Hall–Kier alpha value is -1.60. The molecular formula is C12H15NO5S. The number of hydrogen-bond acceptors (Lipinski definition) is 5. The van der Waals surface area contributed by atoms with E-state index in [4.69, 9.17) is 14.6 Å². The van der Waals surface area contributed by atoms with Gasteiger partial charge in [-0.15, -0.1) is 11.3 Å². The van der Waals surface area contributed by atoms with E-state index in [0.717, 1.165) is 0 Å². The van der Waals surface area contributed by atoms with E-state index in [2.05, 4.69) is 5.32 Å². The minimum absolute atomic E-state index is 0.198. The van der Waals surface area contributed by atoms with Crippen molar-refractivity contribution in [3.8, 4) is 5.75 Å². The van der Waals surface area contributed by atoms with Gasteiger partial charge in [0.25, 0.3) is 5.91 Å². The molecule has 0 radical (unpaired) electrons. The molecule has 0 aliphatic carbocycles. The van der Waals surface area contributed by atoms with Crippen molar-refractivity contribution in [2.45, 2.75) is 25.0 Å². The molecule has 104 valence electrons. The van der Waals surface area contributed by atoms with Gasteiger partial charge in [0, 0.05) is 18.0 Å². The van der Waals surface area contributed by atoms with E-state index in [1.54, 1.807) is 18.6 Å². The fourth-order valence-corrected chi connectivity index (χ4v) is 2.65. The quantitative estimate of drug-likeness (QED) is 0.846. The molecule has 1 saturated heterocycles. The molecule has 7 heteroatoms. The minimum Gasteiger partial charge on any atom is -0.496 e. The summed E-state index contributed by atoms with van der Waals surface area (Å²) in [5.74, 6) is -0.495. The van der Waals surface area contributed by atoms with Crippen LogP contribution < -0.4 is 10.1 Å². The van der Waals surface area contributed by atoms with Gasteiger partial charge in [-0.3, -0.25) is 4.79 Å². The number of carboxylic acid groups (broad SMARTS) is 1. The Balaban J connectivity index is 1.79. The first-order valence-corrected chi connectivity index (χ1v) is 6.77. The Morgan fingerprint density at radius 2 is 2.37 bits per heavy atom. The van der Waals surface area contributed by atoms with Crippen molar-refractivity contribution in [1.29, 1.82) is 0 Å². The van der Waals surface area contributed by atoms with Gasteiger partial charge in [0.15, 0.2) is 6.10 Å². The fourth-order valence-electron chi connectivity index (χ4n) is 1.88. The van der Waals surface area contributed by atoms with Gasteiger partial charge >= 0.3 is 5.97 Å². The molecule has 2 heterocycles. The van der Waals surface area contributed by atoms with Crippen LogP contribution in [0, 0.1) is 0 Å². The number of rotatable bonds is 5. The van der Waals surface area contributed by atoms with Gasteiger partial charge in [-0.1, -0.05) is 0 Å². The summed E-state index contributed by atoms with van der Waals surface area (Å²) in [6.07, 6.45) is 0.156. The van der Waals surface area contributed by atoms with E-state index in [1.165, 1.54) is 11.3 Å². The molecule has 2 rings (SSSR count). The minimum atomic E-state index is -0.947. The molecule has 0 bridgehead atoms. The van der Waals surface area contributed by atoms with E-state index >= 15 is 0 Å². The average Bonchev–Trinajstić information content (AvgIpc) is 3.04.